The van der Waals surface area contributed by atoms with Gasteiger partial charge in [-0.05, 0) is 6.42 Å². The third-order valence-corrected chi connectivity index (χ3v) is 2.13. The number of ether oxygens (including phenoxy) is 3. The number of hydrogen-bond donors (Lipinski definition) is 1. The average Bonchev–Trinajstić information content (AvgIpc) is 2.34. The van der Waals surface area contributed by atoms with Crippen LogP contribution in [0.5, 0.6) is 11.8 Å². The van der Waals surface area contributed by atoms with Gasteiger partial charge in [-0.25, -0.2) is 4.98 Å². The van der Waals surface area contributed by atoms with E-state index < -0.39 is 0 Å². The molecule has 0 saturated carbocycles. The number of rotatable bonds is 6. The lowest BCUT2D eigenvalue weighted by molar-refractivity contribution is 0.187. The molecule has 0 spiro atoms. The summed E-state index contributed by atoms with van der Waals surface area (Å²) in [7, 11) is 4.67. The van der Waals surface area contributed by atoms with Crippen LogP contribution in [0.1, 0.15) is 18.2 Å². The first-order valence-corrected chi connectivity index (χ1v) is 4.92. The Balaban J connectivity index is 2.85. The maximum atomic E-state index is 5.95. The molecule has 1 unspecified atom stereocenters. The summed E-state index contributed by atoms with van der Waals surface area (Å²) < 4.78 is 15.0. The molecule has 2 N–H and O–H groups in total. The fraction of sp³-hybridized carbons (Fsp3) is 0.600. The molecule has 0 amide bonds. The van der Waals surface area contributed by atoms with Crippen molar-refractivity contribution in [3.63, 3.8) is 0 Å². The van der Waals surface area contributed by atoms with E-state index >= 15 is 0 Å². The fourth-order valence-electron chi connectivity index (χ4n) is 1.25. The van der Waals surface area contributed by atoms with Crippen molar-refractivity contribution in [3.8, 4) is 11.8 Å². The lowest BCUT2D eigenvalue weighted by atomic mass is 10.1. The molecule has 0 aliphatic rings. The normalized spacial score (nSPS) is 12.2. The summed E-state index contributed by atoms with van der Waals surface area (Å²) in [5, 5.41) is 0. The predicted octanol–water partition coefficient (Wildman–Crippen LogP) is 0.530. The van der Waals surface area contributed by atoms with E-state index in [4.69, 9.17) is 19.9 Å². The minimum absolute atomic E-state index is 0.256. The first-order valence-electron chi connectivity index (χ1n) is 4.92. The Kier molecular flexibility index (Phi) is 4.94. The van der Waals surface area contributed by atoms with Crippen LogP contribution < -0.4 is 15.2 Å². The monoisotopic (exact) mass is 227 g/mol. The Morgan fingerprint density at radius 3 is 2.62 bits per heavy atom. The number of nitrogens with zero attached hydrogens (tertiary/aromatic N) is 2. The summed E-state index contributed by atoms with van der Waals surface area (Å²) in [6.45, 7) is 0.567. The van der Waals surface area contributed by atoms with Crippen molar-refractivity contribution < 1.29 is 14.2 Å². The molecule has 0 aromatic carbocycles. The van der Waals surface area contributed by atoms with Crippen LogP contribution in [0, 0.1) is 0 Å². The van der Waals surface area contributed by atoms with Gasteiger partial charge in [-0.3, -0.25) is 0 Å². The first kappa shape index (κ1) is 12.7. The molecule has 16 heavy (non-hydrogen) atoms. The molecule has 1 atom stereocenters. The van der Waals surface area contributed by atoms with Crippen molar-refractivity contribution in [1.82, 2.24) is 9.97 Å². The van der Waals surface area contributed by atoms with Crippen molar-refractivity contribution in [2.24, 2.45) is 5.73 Å². The molecule has 0 aliphatic heterocycles. The zero-order valence-electron chi connectivity index (χ0n) is 9.77. The van der Waals surface area contributed by atoms with Crippen molar-refractivity contribution in [2.45, 2.75) is 12.5 Å². The van der Waals surface area contributed by atoms with Crippen LogP contribution in [0.4, 0.5) is 0 Å². The van der Waals surface area contributed by atoms with Gasteiger partial charge in [0.1, 0.15) is 5.69 Å². The number of hydrogen-bond acceptors (Lipinski definition) is 6. The number of aromatic nitrogens is 2. The third-order valence-electron chi connectivity index (χ3n) is 2.13. The summed E-state index contributed by atoms with van der Waals surface area (Å²) in [4.78, 5) is 8.29. The van der Waals surface area contributed by atoms with Crippen LogP contribution in [0.3, 0.4) is 0 Å². The van der Waals surface area contributed by atoms with Crippen LogP contribution in [0.15, 0.2) is 6.20 Å². The third kappa shape index (κ3) is 3.04. The van der Waals surface area contributed by atoms with E-state index in [0.29, 0.717) is 30.5 Å². The molecule has 0 bridgehead atoms. The van der Waals surface area contributed by atoms with E-state index in [1.165, 1.54) is 20.4 Å². The van der Waals surface area contributed by atoms with Crippen molar-refractivity contribution in [1.29, 1.82) is 0 Å². The van der Waals surface area contributed by atoms with Crippen molar-refractivity contribution in [2.75, 3.05) is 27.9 Å². The maximum absolute atomic E-state index is 5.95. The first-order chi connectivity index (χ1) is 7.72. The average molecular weight is 227 g/mol. The Hall–Kier alpha value is -1.40. The lowest BCUT2D eigenvalue weighted by Gasteiger charge is -2.13. The molecule has 90 valence electrons. The lowest BCUT2D eigenvalue weighted by Crippen LogP contribution is -2.16. The highest BCUT2D eigenvalue weighted by Crippen LogP contribution is 2.23. The molecule has 1 aromatic heterocycles. The van der Waals surface area contributed by atoms with Crippen LogP contribution in [0.2, 0.25) is 0 Å². The van der Waals surface area contributed by atoms with Gasteiger partial charge in [-0.2, -0.15) is 4.98 Å². The molecule has 0 aliphatic carbocycles. The Morgan fingerprint density at radius 2 is 2.06 bits per heavy atom. The molecular weight excluding hydrogens is 210 g/mol. The SMILES string of the molecule is COCCC(N)c1ncc(OC)nc1OC. The van der Waals surface area contributed by atoms with Crippen LogP contribution in [-0.2, 0) is 4.74 Å². The highest BCUT2D eigenvalue weighted by atomic mass is 16.5. The van der Waals surface area contributed by atoms with E-state index in [2.05, 4.69) is 9.97 Å². The minimum atomic E-state index is -0.256. The Bertz CT molecular complexity index is 333. The van der Waals surface area contributed by atoms with E-state index in [0.717, 1.165) is 0 Å². The summed E-state index contributed by atoms with van der Waals surface area (Å²) in [6.07, 6.45) is 2.18. The van der Waals surface area contributed by atoms with Gasteiger partial charge in [-0.1, -0.05) is 0 Å². The smallest absolute Gasteiger partial charge is 0.240 e. The Morgan fingerprint density at radius 1 is 1.31 bits per heavy atom. The minimum Gasteiger partial charge on any atom is -0.480 e. The molecule has 6 nitrogen and oxygen atoms in total. The quantitative estimate of drug-likeness (QED) is 0.763. The standard InChI is InChI=1S/C10H17N3O3/c1-14-5-4-7(11)9-10(16-3)13-8(15-2)6-12-9/h6-7H,4-5,11H2,1-3H3. The molecule has 0 saturated heterocycles. The van der Waals surface area contributed by atoms with Crippen molar-refractivity contribution in [3.05, 3.63) is 11.9 Å². The van der Waals surface area contributed by atoms with E-state index in [1.807, 2.05) is 0 Å². The van der Waals surface area contributed by atoms with E-state index in [-0.39, 0.29) is 6.04 Å². The second-order valence-corrected chi connectivity index (χ2v) is 3.19. The summed E-state index contributed by atoms with van der Waals surface area (Å²) >= 11 is 0. The van der Waals surface area contributed by atoms with Gasteiger partial charge < -0.3 is 19.9 Å². The van der Waals surface area contributed by atoms with Crippen LogP contribution in [0.25, 0.3) is 0 Å². The van der Waals surface area contributed by atoms with E-state index in [1.54, 1.807) is 7.11 Å². The van der Waals surface area contributed by atoms with Crippen LogP contribution >= 0.6 is 0 Å². The summed E-state index contributed by atoms with van der Waals surface area (Å²) in [5.41, 5.74) is 6.56. The molecule has 1 heterocycles. The topological polar surface area (TPSA) is 79.5 Å². The van der Waals surface area contributed by atoms with Crippen LogP contribution in [-0.4, -0.2) is 37.9 Å². The molecule has 0 fully saturated rings. The van der Waals surface area contributed by atoms with E-state index in [9.17, 15) is 0 Å². The number of methoxy groups -OCH3 is 3. The fourth-order valence-corrected chi connectivity index (χ4v) is 1.25. The van der Waals surface area contributed by atoms with Gasteiger partial charge in [0.05, 0.1) is 26.5 Å². The zero-order valence-corrected chi connectivity index (χ0v) is 9.77. The summed E-state index contributed by atoms with van der Waals surface area (Å²) in [6, 6.07) is -0.256. The van der Waals surface area contributed by atoms with Gasteiger partial charge >= 0.3 is 0 Å². The second-order valence-electron chi connectivity index (χ2n) is 3.19. The molecule has 6 heteroatoms. The Labute approximate surface area is 94.7 Å². The zero-order chi connectivity index (χ0) is 12.0. The van der Waals surface area contributed by atoms with Gasteiger partial charge in [0.15, 0.2) is 0 Å². The summed E-state index contributed by atoms with van der Waals surface area (Å²) in [5.74, 6) is 0.794. The van der Waals surface area contributed by atoms with Gasteiger partial charge in [-0.15, -0.1) is 0 Å². The largest absolute Gasteiger partial charge is 0.480 e. The molecule has 0 radical (unpaired) electrons. The second kappa shape index (κ2) is 6.24. The highest BCUT2D eigenvalue weighted by Gasteiger charge is 2.15. The molecule has 1 rings (SSSR count). The molecule has 1 aromatic rings. The van der Waals surface area contributed by atoms with Gasteiger partial charge in [0.25, 0.3) is 0 Å². The van der Waals surface area contributed by atoms with Crippen molar-refractivity contribution >= 4 is 0 Å². The highest BCUT2D eigenvalue weighted by molar-refractivity contribution is 5.25. The predicted molar refractivity (Wildman–Crippen MR) is 58.6 cm³/mol. The molecular formula is C10H17N3O3. The maximum Gasteiger partial charge on any atom is 0.240 e. The van der Waals surface area contributed by atoms with Gasteiger partial charge in [0.2, 0.25) is 11.8 Å². The van der Waals surface area contributed by atoms with Gasteiger partial charge in [0, 0.05) is 13.7 Å². The number of nitrogens with two attached hydrogens (primary N) is 1.